The van der Waals surface area contributed by atoms with E-state index in [2.05, 4.69) is 22.1 Å². The van der Waals surface area contributed by atoms with Gasteiger partial charge in [-0.2, -0.15) is 5.10 Å². The lowest BCUT2D eigenvalue weighted by Crippen LogP contribution is -2.41. The monoisotopic (exact) mass is 339 g/mol. The van der Waals surface area contributed by atoms with E-state index in [9.17, 15) is 0 Å². The van der Waals surface area contributed by atoms with E-state index >= 15 is 0 Å². The molecule has 1 fully saturated rings. The number of benzene rings is 2. The SMILES string of the molecule is COc1ccc(C=NN2CCN(C)CC2)cc1OCc1ccccc1. The maximum atomic E-state index is 5.95. The Morgan fingerprint density at radius 3 is 2.48 bits per heavy atom. The van der Waals surface area contributed by atoms with Gasteiger partial charge in [-0.1, -0.05) is 30.3 Å². The van der Waals surface area contributed by atoms with E-state index in [-0.39, 0.29) is 0 Å². The van der Waals surface area contributed by atoms with Gasteiger partial charge in [0.15, 0.2) is 11.5 Å². The fraction of sp³-hybridized carbons (Fsp3) is 0.350. The average Bonchev–Trinajstić information content (AvgIpc) is 2.67. The molecule has 0 radical (unpaired) electrons. The molecule has 0 atom stereocenters. The van der Waals surface area contributed by atoms with Crippen molar-refractivity contribution in [2.24, 2.45) is 5.10 Å². The van der Waals surface area contributed by atoms with Crippen LogP contribution in [-0.4, -0.2) is 56.5 Å². The summed E-state index contributed by atoms with van der Waals surface area (Å²) in [6.45, 7) is 4.52. The van der Waals surface area contributed by atoms with Crippen LogP contribution < -0.4 is 9.47 Å². The van der Waals surface area contributed by atoms with Crippen LogP contribution in [0.15, 0.2) is 53.6 Å². The molecule has 0 saturated carbocycles. The molecule has 2 aromatic rings. The van der Waals surface area contributed by atoms with Gasteiger partial charge in [-0.15, -0.1) is 0 Å². The summed E-state index contributed by atoms with van der Waals surface area (Å²) in [5.74, 6) is 1.46. The molecular weight excluding hydrogens is 314 g/mol. The van der Waals surface area contributed by atoms with E-state index in [0.29, 0.717) is 6.61 Å². The molecule has 0 unspecified atom stereocenters. The van der Waals surface area contributed by atoms with Crippen molar-refractivity contribution in [1.82, 2.24) is 9.91 Å². The van der Waals surface area contributed by atoms with Gasteiger partial charge in [-0.05, 0) is 36.4 Å². The Bertz CT molecular complexity index is 695. The maximum absolute atomic E-state index is 5.95. The van der Waals surface area contributed by atoms with Crippen LogP contribution in [0.5, 0.6) is 11.5 Å². The van der Waals surface area contributed by atoms with Crippen molar-refractivity contribution in [1.29, 1.82) is 0 Å². The van der Waals surface area contributed by atoms with Crippen LogP contribution >= 0.6 is 0 Å². The largest absolute Gasteiger partial charge is 0.493 e. The first-order chi connectivity index (χ1) is 12.2. The van der Waals surface area contributed by atoms with Crippen LogP contribution in [0.3, 0.4) is 0 Å². The third-order valence-corrected chi connectivity index (χ3v) is 4.27. The lowest BCUT2D eigenvalue weighted by molar-refractivity contribution is 0.159. The summed E-state index contributed by atoms with van der Waals surface area (Å²) in [6, 6.07) is 16.0. The van der Waals surface area contributed by atoms with Gasteiger partial charge in [0.2, 0.25) is 0 Å². The summed E-state index contributed by atoms with van der Waals surface area (Å²) < 4.78 is 11.4. The second kappa shape index (κ2) is 8.53. The van der Waals surface area contributed by atoms with Crippen molar-refractivity contribution in [2.45, 2.75) is 6.61 Å². The van der Waals surface area contributed by atoms with Crippen molar-refractivity contribution in [3.63, 3.8) is 0 Å². The lowest BCUT2D eigenvalue weighted by atomic mass is 10.2. The first kappa shape index (κ1) is 17.3. The van der Waals surface area contributed by atoms with E-state index in [0.717, 1.165) is 48.8 Å². The highest BCUT2D eigenvalue weighted by Gasteiger charge is 2.11. The molecule has 0 aromatic heterocycles. The summed E-state index contributed by atoms with van der Waals surface area (Å²) in [5.41, 5.74) is 2.13. The first-order valence-corrected chi connectivity index (χ1v) is 8.57. The van der Waals surface area contributed by atoms with Gasteiger partial charge in [0.25, 0.3) is 0 Å². The second-order valence-electron chi connectivity index (χ2n) is 6.19. The van der Waals surface area contributed by atoms with E-state index in [1.807, 2.05) is 54.7 Å². The summed E-state index contributed by atoms with van der Waals surface area (Å²) in [5, 5.41) is 6.69. The number of hydrogen-bond acceptors (Lipinski definition) is 5. The van der Waals surface area contributed by atoms with Crippen LogP contribution in [0.4, 0.5) is 0 Å². The zero-order chi connectivity index (χ0) is 17.5. The molecule has 1 aliphatic rings. The van der Waals surface area contributed by atoms with Crippen LogP contribution in [0.1, 0.15) is 11.1 Å². The Kier molecular flexibility index (Phi) is 5.90. The molecule has 5 heteroatoms. The third kappa shape index (κ3) is 4.97. The minimum Gasteiger partial charge on any atom is -0.493 e. The van der Waals surface area contributed by atoms with Gasteiger partial charge in [0.05, 0.1) is 13.3 Å². The quantitative estimate of drug-likeness (QED) is 0.759. The fourth-order valence-corrected chi connectivity index (χ4v) is 2.68. The Morgan fingerprint density at radius 2 is 1.76 bits per heavy atom. The number of nitrogens with zero attached hydrogens (tertiary/aromatic N) is 3. The zero-order valence-corrected chi connectivity index (χ0v) is 14.9. The molecule has 0 spiro atoms. The predicted molar refractivity (Wildman–Crippen MR) is 100 cm³/mol. The number of piperazine rings is 1. The van der Waals surface area contributed by atoms with Gasteiger partial charge in [0.1, 0.15) is 6.61 Å². The topological polar surface area (TPSA) is 37.3 Å². The standard InChI is InChI=1S/C20H25N3O2/c1-22-10-12-23(13-11-22)21-15-18-8-9-19(24-2)20(14-18)25-16-17-6-4-3-5-7-17/h3-9,14-15H,10-13,16H2,1-2H3. The van der Waals surface area contributed by atoms with E-state index in [1.165, 1.54) is 0 Å². The van der Waals surface area contributed by atoms with Gasteiger partial charge >= 0.3 is 0 Å². The van der Waals surface area contributed by atoms with Crippen molar-refractivity contribution in [3.8, 4) is 11.5 Å². The third-order valence-electron chi connectivity index (χ3n) is 4.27. The van der Waals surface area contributed by atoms with Crippen molar-refractivity contribution < 1.29 is 9.47 Å². The molecule has 1 aliphatic heterocycles. The normalized spacial score (nSPS) is 15.5. The van der Waals surface area contributed by atoms with Crippen LogP contribution in [-0.2, 0) is 6.61 Å². The number of ether oxygens (including phenoxy) is 2. The Balaban J connectivity index is 1.66. The second-order valence-corrected chi connectivity index (χ2v) is 6.19. The predicted octanol–water partition coefficient (Wildman–Crippen LogP) is 2.86. The summed E-state index contributed by atoms with van der Waals surface area (Å²) in [7, 11) is 3.80. The molecule has 1 heterocycles. The first-order valence-electron chi connectivity index (χ1n) is 8.57. The highest BCUT2D eigenvalue weighted by Crippen LogP contribution is 2.28. The minimum absolute atomic E-state index is 0.510. The number of hydrazone groups is 1. The van der Waals surface area contributed by atoms with Crippen molar-refractivity contribution in [3.05, 3.63) is 59.7 Å². The van der Waals surface area contributed by atoms with Gasteiger partial charge in [0, 0.05) is 26.2 Å². The van der Waals surface area contributed by atoms with E-state index in [4.69, 9.17) is 9.47 Å². The zero-order valence-electron chi connectivity index (χ0n) is 14.9. The maximum Gasteiger partial charge on any atom is 0.162 e. The number of hydrogen-bond donors (Lipinski definition) is 0. The summed E-state index contributed by atoms with van der Waals surface area (Å²) in [6.07, 6.45) is 1.89. The van der Waals surface area contributed by atoms with Crippen LogP contribution in [0.25, 0.3) is 0 Å². The molecular formula is C20H25N3O2. The van der Waals surface area contributed by atoms with Gasteiger partial charge in [-0.25, -0.2) is 0 Å². The molecule has 0 amide bonds. The Morgan fingerprint density at radius 1 is 1.00 bits per heavy atom. The van der Waals surface area contributed by atoms with E-state index in [1.54, 1.807) is 7.11 Å². The molecule has 132 valence electrons. The number of rotatable bonds is 6. The van der Waals surface area contributed by atoms with Crippen molar-refractivity contribution in [2.75, 3.05) is 40.3 Å². The minimum atomic E-state index is 0.510. The highest BCUT2D eigenvalue weighted by molar-refractivity contribution is 5.80. The molecule has 5 nitrogen and oxygen atoms in total. The molecule has 0 N–H and O–H groups in total. The summed E-state index contributed by atoms with van der Waals surface area (Å²) in [4.78, 5) is 2.31. The van der Waals surface area contributed by atoms with Crippen LogP contribution in [0, 0.1) is 0 Å². The molecule has 3 rings (SSSR count). The molecule has 1 saturated heterocycles. The number of likely N-dealkylation sites (N-methyl/N-ethyl adjacent to an activating group) is 1. The summed E-state index contributed by atoms with van der Waals surface area (Å²) >= 11 is 0. The van der Waals surface area contributed by atoms with Crippen molar-refractivity contribution >= 4 is 6.21 Å². The van der Waals surface area contributed by atoms with Gasteiger partial charge < -0.3 is 14.4 Å². The lowest BCUT2D eigenvalue weighted by Gasteiger charge is -2.30. The molecule has 2 aromatic carbocycles. The Labute approximate surface area is 149 Å². The fourth-order valence-electron chi connectivity index (χ4n) is 2.68. The molecule has 0 bridgehead atoms. The van der Waals surface area contributed by atoms with Gasteiger partial charge in [-0.3, -0.25) is 5.01 Å². The smallest absolute Gasteiger partial charge is 0.162 e. The average molecular weight is 339 g/mol. The highest BCUT2D eigenvalue weighted by atomic mass is 16.5. The van der Waals surface area contributed by atoms with E-state index < -0.39 is 0 Å². The Hall–Kier alpha value is -2.53. The molecule has 25 heavy (non-hydrogen) atoms. The molecule has 0 aliphatic carbocycles. The van der Waals surface area contributed by atoms with Crippen LogP contribution in [0.2, 0.25) is 0 Å². The number of methoxy groups -OCH3 is 1.